The molecule has 0 spiro atoms. The summed E-state index contributed by atoms with van der Waals surface area (Å²) in [4.78, 5) is 15.1. The first-order chi connectivity index (χ1) is 7.59. The first kappa shape index (κ1) is 10.9. The number of nitrogens with zero attached hydrogens (tertiary/aromatic N) is 2. The second-order valence-electron chi connectivity index (χ2n) is 3.38. The van der Waals surface area contributed by atoms with Crippen LogP contribution in [0.5, 0.6) is 0 Å². The van der Waals surface area contributed by atoms with Crippen LogP contribution in [0.15, 0.2) is 35.2 Å². The van der Waals surface area contributed by atoms with Gasteiger partial charge in [0.15, 0.2) is 0 Å². The third-order valence-electron chi connectivity index (χ3n) is 2.28. The number of aryl methyl sites for hydroxylation is 1. The summed E-state index contributed by atoms with van der Waals surface area (Å²) in [6.07, 6.45) is 5.04. The number of halogens is 1. The van der Waals surface area contributed by atoms with E-state index in [2.05, 4.69) is 20.9 Å². The van der Waals surface area contributed by atoms with E-state index in [0.29, 0.717) is 0 Å². The SMILES string of the molecule is Cc1ccncc1-n1cc(Br)cc1C(=O)O. The Morgan fingerprint density at radius 2 is 2.31 bits per heavy atom. The number of aromatic nitrogens is 2. The molecule has 0 saturated carbocycles. The minimum absolute atomic E-state index is 0.211. The van der Waals surface area contributed by atoms with Crippen LogP contribution in [0.1, 0.15) is 16.1 Å². The molecule has 0 saturated heterocycles. The summed E-state index contributed by atoms with van der Waals surface area (Å²) in [6.45, 7) is 1.91. The van der Waals surface area contributed by atoms with E-state index in [1.807, 2.05) is 13.0 Å². The number of carboxylic acid groups (broad SMARTS) is 1. The number of pyridine rings is 1. The van der Waals surface area contributed by atoms with Gasteiger partial charge in [0, 0.05) is 16.9 Å². The van der Waals surface area contributed by atoms with Crippen LogP contribution < -0.4 is 0 Å². The van der Waals surface area contributed by atoms with E-state index in [0.717, 1.165) is 15.7 Å². The molecule has 0 aliphatic heterocycles. The molecule has 4 nitrogen and oxygen atoms in total. The highest BCUT2D eigenvalue weighted by Gasteiger charge is 2.14. The van der Waals surface area contributed by atoms with Crippen LogP contribution in [0, 0.1) is 6.92 Å². The summed E-state index contributed by atoms with van der Waals surface area (Å²) < 4.78 is 2.34. The number of hydrogen-bond acceptors (Lipinski definition) is 2. The fourth-order valence-corrected chi connectivity index (χ4v) is 1.92. The van der Waals surface area contributed by atoms with Crippen molar-refractivity contribution < 1.29 is 9.90 Å². The van der Waals surface area contributed by atoms with E-state index < -0.39 is 5.97 Å². The van der Waals surface area contributed by atoms with Crippen LogP contribution in [-0.4, -0.2) is 20.6 Å². The first-order valence-electron chi connectivity index (χ1n) is 4.62. The quantitative estimate of drug-likeness (QED) is 0.920. The maximum absolute atomic E-state index is 11.1. The average molecular weight is 281 g/mol. The zero-order chi connectivity index (χ0) is 11.7. The number of hydrogen-bond donors (Lipinski definition) is 1. The Kier molecular flexibility index (Phi) is 2.78. The number of aromatic carboxylic acids is 1. The third kappa shape index (κ3) is 1.86. The van der Waals surface area contributed by atoms with Gasteiger partial charge < -0.3 is 9.67 Å². The standard InChI is InChI=1S/C11H9BrN2O2/c1-7-2-3-13-5-10(7)14-6-8(12)4-9(14)11(15)16/h2-6H,1H3,(H,15,16). The lowest BCUT2D eigenvalue weighted by atomic mass is 10.2. The Morgan fingerprint density at radius 1 is 1.56 bits per heavy atom. The highest BCUT2D eigenvalue weighted by atomic mass is 79.9. The van der Waals surface area contributed by atoms with Crippen LogP contribution in [-0.2, 0) is 0 Å². The minimum atomic E-state index is -0.964. The van der Waals surface area contributed by atoms with Crippen molar-refractivity contribution >= 4 is 21.9 Å². The smallest absolute Gasteiger partial charge is 0.352 e. The topological polar surface area (TPSA) is 55.1 Å². The second-order valence-corrected chi connectivity index (χ2v) is 4.30. The minimum Gasteiger partial charge on any atom is -0.477 e. The predicted molar refractivity (Wildman–Crippen MR) is 63.0 cm³/mol. The molecule has 2 rings (SSSR count). The average Bonchev–Trinajstić information content (AvgIpc) is 2.61. The molecule has 16 heavy (non-hydrogen) atoms. The fraction of sp³-hybridized carbons (Fsp3) is 0.0909. The lowest BCUT2D eigenvalue weighted by molar-refractivity contribution is 0.0688. The Hall–Kier alpha value is -1.62. The highest BCUT2D eigenvalue weighted by molar-refractivity contribution is 9.10. The molecule has 5 heteroatoms. The summed E-state index contributed by atoms with van der Waals surface area (Å²) in [5, 5.41) is 9.07. The highest BCUT2D eigenvalue weighted by Crippen LogP contribution is 2.21. The van der Waals surface area contributed by atoms with Gasteiger partial charge in [0.05, 0.1) is 11.9 Å². The summed E-state index contributed by atoms with van der Waals surface area (Å²) in [5.41, 5.74) is 1.95. The molecule has 1 N–H and O–H groups in total. The number of carboxylic acids is 1. The van der Waals surface area contributed by atoms with Gasteiger partial charge in [-0.2, -0.15) is 0 Å². The maximum Gasteiger partial charge on any atom is 0.352 e. The van der Waals surface area contributed by atoms with Crippen LogP contribution in [0.25, 0.3) is 5.69 Å². The van der Waals surface area contributed by atoms with Gasteiger partial charge in [-0.05, 0) is 40.5 Å². The molecule has 2 heterocycles. The zero-order valence-electron chi connectivity index (χ0n) is 8.51. The van der Waals surface area contributed by atoms with Crippen molar-refractivity contribution in [2.24, 2.45) is 0 Å². The van der Waals surface area contributed by atoms with Gasteiger partial charge in [0.2, 0.25) is 0 Å². The van der Waals surface area contributed by atoms with Gasteiger partial charge in [-0.25, -0.2) is 4.79 Å². The van der Waals surface area contributed by atoms with Crippen LogP contribution in [0.3, 0.4) is 0 Å². The first-order valence-corrected chi connectivity index (χ1v) is 5.41. The monoisotopic (exact) mass is 280 g/mol. The van der Waals surface area contributed by atoms with Crippen molar-refractivity contribution in [3.63, 3.8) is 0 Å². The van der Waals surface area contributed by atoms with Crippen LogP contribution in [0.2, 0.25) is 0 Å². The summed E-state index contributed by atoms with van der Waals surface area (Å²) in [6, 6.07) is 3.41. The van der Waals surface area contributed by atoms with E-state index in [-0.39, 0.29) is 5.69 Å². The van der Waals surface area contributed by atoms with Crippen molar-refractivity contribution in [2.75, 3.05) is 0 Å². The normalized spacial score (nSPS) is 10.4. The predicted octanol–water partition coefficient (Wildman–Crippen LogP) is 2.64. The largest absolute Gasteiger partial charge is 0.477 e. The molecule has 0 aromatic carbocycles. The number of rotatable bonds is 2. The van der Waals surface area contributed by atoms with Gasteiger partial charge in [-0.15, -0.1) is 0 Å². The van der Waals surface area contributed by atoms with Crippen molar-refractivity contribution in [3.8, 4) is 5.69 Å². The molecule has 0 aliphatic carbocycles. The van der Waals surface area contributed by atoms with E-state index in [1.54, 1.807) is 29.2 Å². The Bertz CT molecular complexity index is 549. The van der Waals surface area contributed by atoms with Crippen molar-refractivity contribution in [1.29, 1.82) is 0 Å². The molecule has 2 aromatic heterocycles. The fourth-order valence-electron chi connectivity index (χ4n) is 1.50. The van der Waals surface area contributed by atoms with E-state index in [9.17, 15) is 4.79 Å². The summed E-state index contributed by atoms with van der Waals surface area (Å²) in [5.74, 6) is -0.964. The Balaban J connectivity index is 2.64. The van der Waals surface area contributed by atoms with Crippen molar-refractivity contribution in [1.82, 2.24) is 9.55 Å². The lowest BCUT2D eigenvalue weighted by Gasteiger charge is -2.08. The molecule has 0 fully saturated rings. The molecule has 0 aliphatic rings. The molecule has 0 atom stereocenters. The zero-order valence-corrected chi connectivity index (χ0v) is 10.1. The van der Waals surface area contributed by atoms with Crippen LogP contribution in [0.4, 0.5) is 0 Å². The molecule has 0 unspecified atom stereocenters. The van der Waals surface area contributed by atoms with E-state index in [1.165, 1.54) is 0 Å². The molecule has 0 amide bonds. The summed E-state index contributed by atoms with van der Waals surface area (Å²) in [7, 11) is 0. The van der Waals surface area contributed by atoms with Gasteiger partial charge in [0.25, 0.3) is 0 Å². The van der Waals surface area contributed by atoms with Crippen molar-refractivity contribution in [3.05, 3.63) is 46.5 Å². The molecular formula is C11H9BrN2O2. The van der Waals surface area contributed by atoms with Crippen LogP contribution >= 0.6 is 15.9 Å². The van der Waals surface area contributed by atoms with Gasteiger partial charge in [-0.3, -0.25) is 4.98 Å². The molecule has 0 bridgehead atoms. The van der Waals surface area contributed by atoms with Gasteiger partial charge >= 0.3 is 5.97 Å². The van der Waals surface area contributed by atoms with Crippen molar-refractivity contribution in [2.45, 2.75) is 6.92 Å². The van der Waals surface area contributed by atoms with Gasteiger partial charge in [-0.1, -0.05) is 0 Å². The third-order valence-corrected chi connectivity index (χ3v) is 2.71. The molecule has 0 radical (unpaired) electrons. The lowest BCUT2D eigenvalue weighted by Crippen LogP contribution is -2.06. The Labute approximate surface area is 101 Å². The molecule has 2 aromatic rings. The molecule has 82 valence electrons. The second kappa shape index (κ2) is 4.09. The van der Waals surface area contributed by atoms with Gasteiger partial charge in [0.1, 0.15) is 5.69 Å². The van der Waals surface area contributed by atoms with E-state index in [4.69, 9.17) is 5.11 Å². The number of carbonyl (C=O) groups is 1. The van der Waals surface area contributed by atoms with E-state index >= 15 is 0 Å². The molecular weight excluding hydrogens is 272 g/mol. The summed E-state index contributed by atoms with van der Waals surface area (Å²) >= 11 is 3.27. The maximum atomic E-state index is 11.1. The Morgan fingerprint density at radius 3 is 2.94 bits per heavy atom.